The summed E-state index contributed by atoms with van der Waals surface area (Å²) in [6, 6.07) is 0. The van der Waals surface area contributed by atoms with Gasteiger partial charge in [0.25, 0.3) is 10.1 Å². The summed E-state index contributed by atoms with van der Waals surface area (Å²) >= 11 is 0. The second-order valence-corrected chi connectivity index (χ2v) is 6.92. The predicted molar refractivity (Wildman–Crippen MR) is 68.5 cm³/mol. The molecule has 0 radical (unpaired) electrons. The summed E-state index contributed by atoms with van der Waals surface area (Å²) in [4.78, 5) is 0. The zero-order valence-corrected chi connectivity index (χ0v) is 11.9. The lowest BCUT2D eigenvalue weighted by Gasteiger charge is -1.98. The molecule has 2 saturated carbocycles. The third kappa shape index (κ3) is 6.13. The van der Waals surface area contributed by atoms with Gasteiger partial charge in [-0.15, -0.1) is 0 Å². The minimum atomic E-state index is -3.21. The van der Waals surface area contributed by atoms with Crippen LogP contribution in [-0.4, -0.2) is 44.7 Å². The monoisotopic (exact) mass is 280 g/mol. The fourth-order valence-electron chi connectivity index (χ4n) is 1.98. The summed E-state index contributed by atoms with van der Waals surface area (Å²) in [7, 11) is -3.21. The Morgan fingerprint density at radius 3 is 1.83 bits per heavy atom. The van der Waals surface area contributed by atoms with Crippen LogP contribution in [0.5, 0.6) is 0 Å². The third-order valence-electron chi connectivity index (χ3n) is 3.63. The van der Waals surface area contributed by atoms with Gasteiger partial charge in [0.2, 0.25) is 0 Å². The van der Waals surface area contributed by atoms with Crippen LogP contribution < -0.4 is 0 Å². The van der Waals surface area contributed by atoms with Crippen LogP contribution in [0.1, 0.15) is 26.2 Å². The molecular formula is C12H24O5S. The molecular weight excluding hydrogens is 256 g/mol. The zero-order valence-electron chi connectivity index (χ0n) is 11.1. The van der Waals surface area contributed by atoms with Crippen LogP contribution in [0.25, 0.3) is 0 Å². The number of aliphatic hydroxyl groups is 2. The molecule has 0 heterocycles. The van der Waals surface area contributed by atoms with Crippen LogP contribution in [0.15, 0.2) is 0 Å². The van der Waals surface area contributed by atoms with E-state index in [1.54, 1.807) is 0 Å². The van der Waals surface area contributed by atoms with Gasteiger partial charge < -0.3 is 10.2 Å². The van der Waals surface area contributed by atoms with Crippen LogP contribution in [0.4, 0.5) is 0 Å². The summed E-state index contributed by atoms with van der Waals surface area (Å²) in [6.45, 7) is 3.01. The van der Waals surface area contributed by atoms with E-state index in [1.165, 1.54) is 0 Å². The number of rotatable bonds is 6. The molecule has 4 atom stereocenters. The molecule has 0 bridgehead atoms. The summed E-state index contributed by atoms with van der Waals surface area (Å²) in [6.07, 6.45) is 4.38. The first-order chi connectivity index (χ1) is 8.41. The Morgan fingerprint density at radius 1 is 1.06 bits per heavy atom. The van der Waals surface area contributed by atoms with Gasteiger partial charge in [0.05, 0.1) is 12.9 Å². The molecule has 0 aromatic rings. The Morgan fingerprint density at radius 2 is 1.56 bits per heavy atom. The fraction of sp³-hybridized carbons (Fsp3) is 1.00. The summed E-state index contributed by atoms with van der Waals surface area (Å²) in [5, 5.41) is 16.8. The van der Waals surface area contributed by atoms with Crippen LogP contribution in [-0.2, 0) is 14.3 Å². The van der Waals surface area contributed by atoms with Gasteiger partial charge in [0.15, 0.2) is 0 Å². The molecule has 0 aromatic heterocycles. The highest BCUT2D eigenvalue weighted by Gasteiger charge is 2.36. The van der Waals surface area contributed by atoms with Crippen LogP contribution in [0.3, 0.4) is 0 Å². The van der Waals surface area contributed by atoms with E-state index in [0.717, 1.165) is 25.5 Å². The van der Waals surface area contributed by atoms with Gasteiger partial charge in [-0.1, -0.05) is 13.3 Å². The Kier molecular flexibility index (Phi) is 6.04. The van der Waals surface area contributed by atoms with Gasteiger partial charge in [0.1, 0.15) is 0 Å². The maximum atomic E-state index is 10.5. The van der Waals surface area contributed by atoms with E-state index < -0.39 is 10.1 Å². The van der Waals surface area contributed by atoms with Crippen molar-refractivity contribution in [2.24, 2.45) is 23.7 Å². The van der Waals surface area contributed by atoms with Crippen molar-refractivity contribution in [3.05, 3.63) is 0 Å². The highest BCUT2D eigenvalue weighted by atomic mass is 32.2. The molecule has 0 aromatic carbocycles. The van der Waals surface area contributed by atoms with Crippen molar-refractivity contribution in [2.45, 2.75) is 26.2 Å². The zero-order chi connectivity index (χ0) is 13.8. The van der Waals surface area contributed by atoms with E-state index in [4.69, 9.17) is 10.2 Å². The standard InChI is InChI=1S/C7H14O3S.C5H10O2/c1-3-6-4-7(6)5-10-11(2,8)9;6-2-4-1-5(4)3-7/h6-7H,3-5H2,1-2H3;4-7H,1-3H2/t6-,7+;4-,5-/m01/s1. The highest BCUT2D eigenvalue weighted by molar-refractivity contribution is 7.85. The van der Waals surface area contributed by atoms with E-state index in [-0.39, 0.29) is 13.2 Å². The molecule has 0 saturated heterocycles. The largest absolute Gasteiger partial charge is 0.396 e. The predicted octanol–water partition coefficient (Wildman–Crippen LogP) is 0.616. The van der Waals surface area contributed by atoms with E-state index >= 15 is 0 Å². The molecule has 6 heteroatoms. The minimum absolute atomic E-state index is 0.255. The van der Waals surface area contributed by atoms with Crippen molar-refractivity contribution >= 4 is 10.1 Å². The normalized spacial score (nSPS) is 33.6. The Bertz CT molecular complexity index is 332. The van der Waals surface area contributed by atoms with Crippen molar-refractivity contribution < 1.29 is 22.8 Å². The van der Waals surface area contributed by atoms with Gasteiger partial charge in [-0.25, -0.2) is 0 Å². The number of hydrogen-bond acceptors (Lipinski definition) is 5. The molecule has 0 aliphatic heterocycles. The number of hydrogen-bond donors (Lipinski definition) is 2. The smallest absolute Gasteiger partial charge is 0.264 e. The van der Waals surface area contributed by atoms with Gasteiger partial charge in [-0.2, -0.15) is 8.42 Å². The molecule has 2 aliphatic carbocycles. The van der Waals surface area contributed by atoms with E-state index in [2.05, 4.69) is 11.1 Å². The van der Waals surface area contributed by atoms with Gasteiger partial charge in [0, 0.05) is 13.2 Å². The molecule has 5 nitrogen and oxygen atoms in total. The van der Waals surface area contributed by atoms with Crippen LogP contribution >= 0.6 is 0 Å². The maximum absolute atomic E-state index is 10.5. The summed E-state index contributed by atoms with van der Waals surface area (Å²) in [5.41, 5.74) is 0. The van der Waals surface area contributed by atoms with Crippen LogP contribution in [0.2, 0.25) is 0 Å². The summed E-state index contributed by atoms with van der Waals surface area (Å²) < 4.78 is 25.7. The molecule has 18 heavy (non-hydrogen) atoms. The quantitative estimate of drug-likeness (QED) is 0.697. The van der Waals surface area contributed by atoms with Gasteiger partial charge in [-0.3, -0.25) is 4.18 Å². The van der Waals surface area contributed by atoms with Crippen molar-refractivity contribution in [1.82, 2.24) is 0 Å². The lowest BCUT2D eigenvalue weighted by molar-refractivity contribution is 0.232. The van der Waals surface area contributed by atoms with E-state index in [9.17, 15) is 8.42 Å². The first-order valence-electron chi connectivity index (χ1n) is 6.47. The lowest BCUT2D eigenvalue weighted by atomic mass is 10.3. The number of aliphatic hydroxyl groups excluding tert-OH is 2. The molecule has 0 spiro atoms. The molecule has 2 aliphatic rings. The van der Waals surface area contributed by atoms with Crippen LogP contribution in [0, 0.1) is 23.7 Å². The Labute approximate surface area is 109 Å². The molecule has 2 N–H and O–H groups in total. The van der Waals surface area contributed by atoms with Crippen molar-refractivity contribution in [3.63, 3.8) is 0 Å². The summed E-state index contributed by atoms with van der Waals surface area (Å²) in [5.74, 6) is 2.04. The molecule has 0 unspecified atom stereocenters. The Balaban J connectivity index is 0.000000199. The fourth-order valence-corrected chi connectivity index (χ4v) is 2.40. The average Bonchev–Trinajstić information content (AvgIpc) is 3.20. The topological polar surface area (TPSA) is 83.8 Å². The average molecular weight is 280 g/mol. The van der Waals surface area contributed by atoms with E-state index in [1.807, 2.05) is 0 Å². The molecule has 2 fully saturated rings. The molecule has 0 amide bonds. The molecule has 2 rings (SSSR count). The van der Waals surface area contributed by atoms with E-state index in [0.29, 0.717) is 30.3 Å². The third-order valence-corrected chi connectivity index (χ3v) is 4.19. The van der Waals surface area contributed by atoms with Gasteiger partial charge in [-0.05, 0) is 36.5 Å². The Hall–Kier alpha value is -0.170. The van der Waals surface area contributed by atoms with Gasteiger partial charge >= 0.3 is 0 Å². The molecule has 108 valence electrons. The highest BCUT2D eigenvalue weighted by Crippen LogP contribution is 2.41. The van der Waals surface area contributed by atoms with Crippen molar-refractivity contribution in [1.29, 1.82) is 0 Å². The first-order valence-corrected chi connectivity index (χ1v) is 8.29. The minimum Gasteiger partial charge on any atom is -0.396 e. The van der Waals surface area contributed by atoms with Crippen molar-refractivity contribution in [3.8, 4) is 0 Å². The lowest BCUT2D eigenvalue weighted by Crippen LogP contribution is -2.06. The van der Waals surface area contributed by atoms with Crippen molar-refractivity contribution in [2.75, 3.05) is 26.1 Å². The SMILES string of the molecule is CC[C@H]1C[C@@H]1COS(C)(=O)=O.OC[C@H]1C[C@@H]1CO. The first kappa shape index (κ1) is 15.9. The maximum Gasteiger partial charge on any atom is 0.264 e. The second kappa shape index (κ2) is 6.84. The second-order valence-electron chi connectivity index (χ2n) is 5.27.